The molecule has 0 bridgehead atoms. The first-order valence-electron chi connectivity index (χ1n) is 9.52. The van der Waals surface area contributed by atoms with E-state index in [1.165, 1.54) is 0 Å². The van der Waals surface area contributed by atoms with Gasteiger partial charge in [0.05, 0.1) is 18.2 Å². The quantitative estimate of drug-likeness (QED) is 0.286. The molecule has 0 fully saturated rings. The molecule has 0 radical (unpaired) electrons. The van der Waals surface area contributed by atoms with E-state index >= 15 is 0 Å². The molecule has 0 aliphatic heterocycles. The maximum atomic E-state index is 9.60. The molecule has 3 aromatic rings. The number of benzene rings is 3. The molecule has 3 rings (SSSR count). The number of halogens is 2. The number of hydrogen-bond acceptors (Lipinski definition) is 3. The van der Waals surface area contributed by atoms with Crippen molar-refractivity contribution in [2.75, 3.05) is 6.61 Å². The molecule has 3 nitrogen and oxygen atoms in total. The van der Waals surface area contributed by atoms with Crippen LogP contribution in [0, 0.1) is 18.3 Å². The van der Waals surface area contributed by atoms with Crippen molar-refractivity contribution in [3.05, 3.63) is 93.0 Å². The molecule has 0 spiro atoms. The summed E-state index contributed by atoms with van der Waals surface area (Å²) in [6, 6.07) is 21.0. The normalized spacial score (nSPS) is 11.1. The van der Waals surface area contributed by atoms with E-state index in [0.717, 1.165) is 22.3 Å². The molecule has 30 heavy (non-hydrogen) atoms. The molecular weight excluding hydrogens is 417 g/mol. The summed E-state index contributed by atoms with van der Waals surface area (Å²) in [6.07, 6.45) is 1.84. The standard InChI is InChI=1S/C25H21Cl2NO2/c1-3-29-25-13-18(12-21(15-28)19-7-4-17(2)5-8-19)6-11-24(25)30-16-20-9-10-22(26)14-23(20)27/h4-14H,3,16H2,1-2H3/b21-12-. The summed E-state index contributed by atoms with van der Waals surface area (Å²) in [5.41, 5.74) is 4.29. The van der Waals surface area contributed by atoms with Crippen LogP contribution in [0.25, 0.3) is 11.6 Å². The lowest BCUT2D eigenvalue weighted by Crippen LogP contribution is -2.00. The second-order valence-electron chi connectivity index (χ2n) is 6.70. The summed E-state index contributed by atoms with van der Waals surface area (Å²) in [4.78, 5) is 0. The van der Waals surface area contributed by atoms with Gasteiger partial charge in [0.1, 0.15) is 6.61 Å². The van der Waals surface area contributed by atoms with Crippen molar-refractivity contribution in [1.29, 1.82) is 5.26 Å². The largest absolute Gasteiger partial charge is 0.490 e. The van der Waals surface area contributed by atoms with E-state index in [1.54, 1.807) is 12.1 Å². The van der Waals surface area contributed by atoms with Crippen molar-refractivity contribution in [2.45, 2.75) is 20.5 Å². The number of allylic oxidation sites excluding steroid dienone is 1. The summed E-state index contributed by atoms with van der Waals surface area (Å²) < 4.78 is 11.7. The predicted molar refractivity (Wildman–Crippen MR) is 123 cm³/mol. The minimum Gasteiger partial charge on any atom is -0.490 e. The van der Waals surface area contributed by atoms with Crippen molar-refractivity contribution in [1.82, 2.24) is 0 Å². The molecule has 0 atom stereocenters. The zero-order valence-corrected chi connectivity index (χ0v) is 18.3. The van der Waals surface area contributed by atoms with E-state index in [9.17, 15) is 5.26 Å². The van der Waals surface area contributed by atoms with Gasteiger partial charge >= 0.3 is 0 Å². The number of aryl methyl sites for hydroxylation is 1. The fraction of sp³-hybridized carbons (Fsp3) is 0.160. The molecule has 0 saturated carbocycles. The van der Waals surface area contributed by atoms with Crippen LogP contribution in [-0.2, 0) is 6.61 Å². The topological polar surface area (TPSA) is 42.2 Å². The Hall–Kier alpha value is -2.93. The summed E-state index contributed by atoms with van der Waals surface area (Å²) in [7, 11) is 0. The molecule has 0 aliphatic rings. The molecule has 0 N–H and O–H groups in total. The highest BCUT2D eigenvalue weighted by Crippen LogP contribution is 2.32. The van der Waals surface area contributed by atoms with Crippen LogP contribution in [0.1, 0.15) is 29.2 Å². The smallest absolute Gasteiger partial charge is 0.161 e. The highest BCUT2D eigenvalue weighted by molar-refractivity contribution is 6.35. The lowest BCUT2D eigenvalue weighted by molar-refractivity contribution is 0.269. The lowest BCUT2D eigenvalue weighted by atomic mass is 10.0. The van der Waals surface area contributed by atoms with Crippen LogP contribution in [0.2, 0.25) is 10.0 Å². The molecule has 0 aromatic heterocycles. The van der Waals surface area contributed by atoms with Gasteiger partial charge in [0.15, 0.2) is 11.5 Å². The Morgan fingerprint density at radius 2 is 1.73 bits per heavy atom. The molecule has 0 aliphatic carbocycles. The van der Waals surface area contributed by atoms with Crippen LogP contribution in [0.3, 0.4) is 0 Å². The van der Waals surface area contributed by atoms with E-state index in [0.29, 0.717) is 33.7 Å². The number of ether oxygens (including phenoxy) is 2. The summed E-state index contributed by atoms with van der Waals surface area (Å²) >= 11 is 12.2. The van der Waals surface area contributed by atoms with Gasteiger partial charge in [-0.05, 0) is 55.3 Å². The van der Waals surface area contributed by atoms with Crippen molar-refractivity contribution in [3.63, 3.8) is 0 Å². The van der Waals surface area contributed by atoms with E-state index in [4.69, 9.17) is 32.7 Å². The Bertz CT molecular complexity index is 1100. The molecule has 3 aromatic carbocycles. The Labute approximate surface area is 187 Å². The van der Waals surface area contributed by atoms with Crippen LogP contribution in [0.15, 0.2) is 60.7 Å². The summed E-state index contributed by atoms with van der Waals surface area (Å²) in [5, 5.41) is 10.7. The van der Waals surface area contributed by atoms with Crippen LogP contribution < -0.4 is 9.47 Å². The van der Waals surface area contributed by atoms with Crippen LogP contribution in [-0.4, -0.2) is 6.61 Å². The Morgan fingerprint density at radius 3 is 2.40 bits per heavy atom. The number of rotatable bonds is 7. The minimum atomic E-state index is 0.290. The zero-order chi connectivity index (χ0) is 21.5. The Kier molecular flexibility index (Phi) is 7.41. The van der Waals surface area contributed by atoms with Gasteiger partial charge in [-0.25, -0.2) is 0 Å². The second kappa shape index (κ2) is 10.2. The maximum absolute atomic E-state index is 9.60. The van der Waals surface area contributed by atoms with Gasteiger partial charge in [-0.2, -0.15) is 5.26 Å². The van der Waals surface area contributed by atoms with E-state index < -0.39 is 0 Å². The van der Waals surface area contributed by atoms with Gasteiger partial charge in [-0.1, -0.05) is 65.2 Å². The third-order valence-electron chi connectivity index (χ3n) is 4.46. The lowest BCUT2D eigenvalue weighted by Gasteiger charge is -2.13. The average Bonchev–Trinajstić information content (AvgIpc) is 2.73. The monoisotopic (exact) mass is 437 g/mol. The molecular formula is C25H21Cl2NO2. The molecule has 0 saturated heterocycles. The van der Waals surface area contributed by atoms with Crippen molar-refractivity contribution in [3.8, 4) is 17.6 Å². The van der Waals surface area contributed by atoms with E-state index in [-0.39, 0.29) is 6.61 Å². The highest BCUT2D eigenvalue weighted by atomic mass is 35.5. The van der Waals surface area contributed by atoms with Crippen molar-refractivity contribution in [2.24, 2.45) is 0 Å². The third-order valence-corrected chi connectivity index (χ3v) is 5.05. The van der Waals surface area contributed by atoms with Crippen LogP contribution >= 0.6 is 23.2 Å². The minimum absolute atomic E-state index is 0.290. The van der Waals surface area contributed by atoms with Crippen molar-refractivity contribution < 1.29 is 9.47 Å². The number of nitriles is 1. The van der Waals surface area contributed by atoms with Crippen molar-refractivity contribution >= 4 is 34.9 Å². The SMILES string of the molecule is CCOc1cc(/C=C(/C#N)c2ccc(C)cc2)ccc1OCc1ccc(Cl)cc1Cl. The first-order valence-corrected chi connectivity index (χ1v) is 10.3. The number of hydrogen-bond donors (Lipinski definition) is 0. The third kappa shape index (κ3) is 5.57. The van der Waals surface area contributed by atoms with Crippen LogP contribution in [0.5, 0.6) is 11.5 Å². The molecule has 0 amide bonds. The fourth-order valence-corrected chi connectivity index (χ4v) is 3.34. The summed E-state index contributed by atoms with van der Waals surface area (Å²) in [5.74, 6) is 1.21. The Balaban J connectivity index is 1.85. The van der Waals surface area contributed by atoms with Gasteiger partial charge in [0.2, 0.25) is 0 Å². The molecule has 5 heteroatoms. The van der Waals surface area contributed by atoms with Gasteiger partial charge in [0.25, 0.3) is 0 Å². The summed E-state index contributed by atoms with van der Waals surface area (Å²) in [6.45, 7) is 4.71. The van der Waals surface area contributed by atoms with Gasteiger partial charge in [-0.3, -0.25) is 0 Å². The molecule has 152 valence electrons. The molecule has 0 heterocycles. The van der Waals surface area contributed by atoms with Gasteiger partial charge < -0.3 is 9.47 Å². The first kappa shape index (κ1) is 21.8. The Morgan fingerprint density at radius 1 is 0.967 bits per heavy atom. The van der Waals surface area contributed by atoms with Gasteiger partial charge in [-0.15, -0.1) is 0 Å². The number of nitrogens with zero attached hydrogens (tertiary/aromatic N) is 1. The first-order chi connectivity index (χ1) is 14.5. The maximum Gasteiger partial charge on any atom is 0.161 e. The van der Waals surface area contributed by atoms with Crippen LogP contribution in [0.4, 0.5) is 0 Å². The average molecular weight is 438 g/mol. The van der Waals surface area contributed by atoms with E-state index in [1.807, 2.05) is 68.5 Å². The molecule has 0 unspecified atom stereocenters. The predicted octanol–water partition coefficient (Wildman–Crippen LogP) is 7.34. The van der Waals surface area contributed by atoms with Gasteiger partial charge in [0, 0.05) is 15.6 Å². The highest BCUT2D eigenvalue weighted by Gasteiger charge is 2.09. The second-order valence-corrected chi connectivity index (χ2v) is 7.54. The van der Waals surface area contributed by atoms with E-state index in [2.05, 4.69) is 6.07 Å². The zero-order valence-electron chi connectivity index (χ0n) is 16.8. The fourth-order valence-electron chi connectivity index (χ4n) is 2.88.